The van der Waals surface area contributed by atoms with Crippen LogP contribution in [-0.4, -0.2) is 28.6 Å². The minimum absolute atomic E-state index is 0.0197. The molecular weight excluding hydrogens is 260 g/mol. The summed E-state index contributed by atoms with van der Waals surface area (Å²) in [4.78, 5) is 16.9. The number of carbonyl (C=O) groups excluding carboxylic acids is 1. The number of hydrogen-bond acceptors (Lipinski definition) is 4. The molecule has 19 heavy (non-hydrogen) atoms. The molecule has 0 spiro atoms. The molecule has 1 unspecified atom stereocenters. The monoisotopic (exact) mass is 282 g/mol. The number of aromatic nitrogens is 1. The summed E-state index contributed by atoms with van der Waals surface area (Å²) in [6.45, 7) is 8.29. The van der Waals surface area contributed by atoms with E-state index in [9.17, 15) is 4.79 Å². The van der Waals surface area contributed by atoms with Crippen molar-refractivity contribution in [2.75, 3.05) is 6.61 Å². The van der Waals surface area contributed by atoms with Gasteiger partial charge in [0.25, 0.3) is 0 Å². The molecule has 0 aliphatic heterocycles. The van der Waals surface area contributed by atoms with E-state index in [1.54, 1.807) is 23.6 Å². The highest BCUT2D eigenvalue weighted by Gasteiger charge is 2.17. The molecule has 0 aliphatic rings. The van der Waals surface area contributed by atoms with Gasteiger partial charge in [-0.25, -0.2) is 4.98 Å². The number of aliphatic hydroxyl groups excluding tert-OH is 1. The first-order valence-electron chi connectivity index (χ1n) is 6.38. The Hall–Kier alpha value is -1.20. The highest BCUT2D eigenvalue weighted by atomic mass is 32.1. The van der Waals surface area contributed by atoms with E-state index in [-0.39, 0.29) is 24.0 Å². The smallest absolute Gasteiger partial charge is 0.244 e. The zero-order valence-electron chi connectivity index (χ0n) is 11.9. The molecular formula is C14H22N2O2S. The molecule has 1 aromatic heterocycles. The first-order chi connectivity index (χ1) is 8.82. The van der Waals surface area contributed by atoms with Crippen molar-refractivity contribution in [3.63, 3.8) is 0 Å². The van der Waals surface area contributed by atoms with Crippen LogP contribution in [0.1, 0.15) is 44.0 Å². The van der Waals surface area contributed by atoms with Crippen molar-refractivity contribution in [2.24, 2.45) is 0 Å². The van der Waals surface area contributed by atoms with E-state index in [0.717, 1.165) is 9.88 Å². The average molecular weight is 282 g/mol. The second-order valence-electron chi connectivity index (χ2n) is 5.57. The second kappa shape index (κ2) is 6.82. The van der Waals surface area contributed by atoms with Crippen LogP contribution in [0.2, 0.25) is 0 Å². The van der Waals surface area contributed by atoms with Gasteiger partial charge in [0.1, 0.15) is 0 Å². The lowest BCUT2D eigenvalue weighted by Gasteiger charge is -2.13. The molecule has 0 aliphatic carbocycles. The third kappa shape index (κ3) is 5.53. The van der Waals surface area contributed by atoms with Crippen molar-refractivity contribution in [3.05, 3.63) is 22.2 Å². The van der Waals surface area contributed by atoms with Crippen molar-refractivity contribution in [3.8, 4) is 0 Å². The highest BCUT2D eigenvalue weighted by Crippen LogP contribution is 2.27. The first-order valence-corrected chi connectivity index (χ1v) is 7.20. The van der Waals surface area contributed by atoms with Crippen LogP contribution in [0, 0.1) is 0 Å². The standard InChI is InChI=1S/C14H22N2O2S/c1-10(7-8-17)16-12(18)6-5-11-9-15-13(19-11)14(2,3)4/h5-6,9-10,17H,7-8H2,1-4H3,(H,16,18)/b6-5+. The molecule has 0 fully saturated rings. The molecule has 1 atom stereocenters. The summed E-state index contributed by atoms with van der Waals surface area (Å²) in [6.07, 6.45) is 5.63. The molecule has 1 heterocycles. The summed E-state index contributed by atoms with van der Waals surface area (Å²) < 4.78 is 0. The van der Waals surface area contributed by atoms with E-state index < -0.39 is 0 Å². The summed E-state index contributed by atoms with van der Waals surface area (Å²) >= 11 is 1.59. The molecule has 1 aromatic rings. The van der Waals surface area contributed by atoms with Gasteiger partial charge in [-0.05, 0) is 19.4 Å². The van der Waals surface area contributed by atoms with Crippen LogP contribution in [0.5, 0.6) is 0 Å². The maximum Gasteiger partial charge on any atom is 0.244 e. The van der Waals surface area contributed by atoms with Crippen molar-refractivity contribution in [1.29, 1.82) is 0 Å². The maximum atomic E-state index is 11.6. The van der Waals surface area contributed by atoms with E-state index >= 15 is 0 Å². The molecule has 4 nitrogen and oxygen atoms in total. The minimum Gasteiger partial charge on any atom is -0.396 e. The van der Waals surface area contributed by atoms with Crippen LogP contribution in [0.4, 0.5) is 0 Å². The van der Waals surface area contributed by atoms with E-state index in [1.807, 2.05) is 6.92 Å². The number of nitrogens with zero attached hydrogens (tertiary/aromatic N) is 1. The van der Waals surface area contributed by atoms with Crippen LogP contribution in [-0.2, 0) is 10.2 Å². The third-order valence-electron chi connectivity index (χ3n) is 2.51. The predicted molar refractivity (Wildman–Crippen MR) is 79.2 cm³/mol. The largest absolute Gasteiger partial charge is 0.396 e. The number of hydrogen-bond donors (Lipinski definition) is 2. The molecule has 1 amide bonds. The van der Waals surface area contributed by atoms with Crippen molar-refractivity contribution in [2.45, 2.75) is 45.6 Å². The van der Waals surface area contributed by atoms with Gasteiger partial charge in [0.05, 0.1) is 5.01 Å². The molecule has 0 saturated carbocycles. The Morgan fingerprint density at radius 3 is 2.79 bits per heavy atom. The fourth-order valence-corrected chi connectivity index (χ4v) is 2.30. The van der Waals surface area contributed by atoms with Crippen LogP contribution < -0.4 is 5.32 Å². The van der Waals surface area contributed by atoms with Crippen LogP contribution >= 0.6 is 11.3 Å². The van der Waals surface area contributed by atoms with E-state index in [1.165, 1.54) is 6.08 Å². The van der Waals surface area contributed by atoms with Crippen molar-refractivity contribution in [1.82, 2.24) is 10.3 Å². The molecule has 0 saturated heterocycles. The number of amides is 1. The number of nitrogens with one attached hydrogen (secondary N) is 1. The first kappa shape index (κ1) is 15.9. The zero-order valence-corrected chi connectivity index (χ0v) is 12.8. The highest BCUT2D eigenvalue weighted by molar-refractivity contribution is 7.12. The SMILES string of the molecule is CC(CCO)NC(=O)/C=C/c1cnc(C(C)(C)C)s1. The van der Waals surface area contributed by atoms with Gasteiger partial charge in [-0.1, -0.05) is 20.8 Å². The molecule has 1 rings (SSSR count). The Morgan fingerprint density at radius 2 is 2.26 bits per heavy atom. The normalized spacial score (nSPS) is 13.7. The molecule has 0 bridgehead atoms. The van der Waals surface area contributed by atoms with Gasteiger partial charge in [-0.3, -0.25) is 4.79 Å². The van der Waals surface area contributed by atoms with Crippen LogP contribution in [0.3, 0.4) is 0 Å². The van der Waals surface area contributed by atoms with E-state index in [0.29, 0.717) is 6.42 Å². The van der Waals surface area contributed by atoms with Gasteiger partial charge in [0, 0.05) is 35.2 Å². The lowest BCUT2D eigenvalue weighted by molar-refractivity contribution is -0.117. The Kier molecular flexibility index (Phi) is 5.69. The number of carbonyl (C=O) groups is 1. The van der Waals surface area contributed by atoms with Gasteiger partial charge in [0.15, 0.2) is 0 Å². The van der Waals surface area contributed by atoms with Crippen molar-refractivity contribution >= 4 is 23.3 Å². The number of aliphatic hydroxyl groups is 1. The maximum absolute atomic E-state index is 11.6. The summed E-state index contributed by atoms with van der Waals surface area (Å²) in [5, 5.41) is 12.6. The lowest BCUT2D eigenvalue weighted by Crippen LogP contribution is -2.31. The molecule has 5 heteroatoms. The van der Waals surface area contributed by atoms with E-state index in [2.05, 4.69) is 31.1 Å². The Labute approximate surface area is 118 Å². The Bertz CT molecular complexity index is 447. The van der Waals surface area contributed by atoms with Gasteiger partial charge < -0.3 is 10.4 Å². The Morgan fingerprint density at radius 1 is 1.58 bits per heavy atom. The van der Waals surface area contributed by atoms with Crippen LogP contribution in [0.15, 0.2) is 12.3 Å². The number of rotatable bonds is 5. The summed E-state index contributed by atoms with van der Waals surface area (Å²) in [6, 6.07) is -0.0197. The number of thiazole rings is 1. The zero-order chi connectivity index (χ0) is 14.5. The fourth-order valence-electron chi connectivity index (χ4n) is 1.42. The third-order valence-corrected chi connectivity index (χ3v) is 3.90. The fraction of sp³-hybridized carbons (Fsp3) is 0.571. The molecule has 0 radical (unpaired) electrons. The van der Waals surface area contributed by atoms with Gasteiger partial charge in [0.2, 0.25) is 5.91 Å². The topological polar surface area (TPSA) is 62.2 Å². The quantitative estimate of drug-likeness (QED) is 0.815. The molecule has 0 aromatic carbocycles. The molecule has 106 valence electrons. The summed E-state index contributed by atoms with van der Waals surface area (Å²) in [5.41, 5.74) is 0.0364. The predicted octanol–water partition coefficient (Wildman–Crippen LogP) is 2.34. The minimum atomic E-state index is -0.147. The summed E-state index contributed by atoms with van der Waals surface area (Å²) in [5.74, 6) is -0.147. The summed E-state index contributed by atoms with van der Waals surface area (Å²) in [7, 11) is 0. The van der Waals surface area contributed by atoms with Crippen molar-refractivity contribution < 1.29 is 9.90 Å². The Balaban J connectivity index is 2.57. The molecule has 2 N–H and O–H groups in total. The average Bonchev–Trinajstić information content (AvgIpc) is 2.74. The van der Waals surface area contributed by atoms with E-state index in [4.69, 9.17) is 5.11 Å². The van der Waals surface area contributed by atoms with Gasteiger partial charge >= 0.3 is 0 Å². The van der Waals surface area contributed by atoms with Gasteiger partial charge in [-0.15, -0.1) is 11.3 Å². The second-order valence-corrected chi connectivity index (χ2v) is 6.64. The van der Waals surface area contributed by atoms with Crippen LogP contribution in [0.25, 0.3) is 6.08 Å². The van der Waals surface area contributed by atoms with Gasteiger partial charge in [-0.2, -0.15) is 0 Å². The lowest BCUT2D eigenvalue weighted by atomic mass is 9.98.